The van der Waals surface area contributed by atoms with Gasteiger partial charge in [0.1, 0.15) is 0 Å². The van der Waals surface area contributed by atoms with E-state index < -0.39 is 0 Å². The average Bonchev–Trinajstić information content (AvgIpc) is 2.30. The van der Waals surface area contributed by atoms with E-state index in [1.165, 1.54) is 11.1 Å². The van der Waals surface area contributed by atoms with Gasteiger partial charge in [0.05, 0.1) is 5.69 Å². The highest BCUT2D eigenvalue weighted by molar-refractivity contribution is 5.63. The second-order valence-electron chi connectivity index (χ2n) is 3.96. The van der Waals surface area contributed by atoms with Crippen LogP contribution in [0, 0.1) is 0 Å². The molecule has 0 aliphatic rings. The van der Waals surface area contributed by atoms with Gasteiger partial charge in [0, 0.05) is 11.8 Å². The minimum atomic E-state index is 0.508. The minimum Gasteiger partial charge on any atom is -0.256 e. The molecule has 1 aromatic heterocycles. The van der Waals surface area contributed by atoms with Crippen molar-refractivity contribution in [1.82, 2.24) is 4.98 Å². The van der Waals surface area contributed by atoms with Gasteiger partial charge in [-0.15, -0.1) is 0 Å². The molecule has 2 rings (SSSR count). The van der Waals surface area contributed by atoms with Crippen LogP contribution in [0.5, 0.6) is 0 Å². The van der Waals surface area contributed by atoms with Crippen molar-refractivity contribution in [3.63, 3.8) is 0 Å². The highest BCUT2D eigenvalue weighted by Gasteiger charge is 2.08. The summed E-state index contributed by atoms with van der Waals surface area (Å²) in [5.41, 5.74) is 3.61. The van der Waals surface area contributed by atoms with Gasteiger partial charge in [-0.05, 0) is 17.5 Å². The normalized spacial score (nSPS) is 10.6. The van der Waals surface area contributed by atoms with E-state index in [0.29, 0.717) is 5.92 Å². The van der Waals surface area contributed by atoms with Gasteiger partial charge in [-0.25, -0.2) is 0 Å². The van der Waals surface area contributed by atoms with Crippen molar-refractivity contribution in [2.75, 3.05) is 0 Å². The fraction of sp³-hybridized carbons (Fsp3) is 0.214. The molecule has 0 amide bonds. The van der Waals surface area contributed by atoms with Crippen LogP contribution in [-0.2, 0) is 0 Å². The Hall–Kier alpha value is -1.63. The topological polar surface area (TPSA) is 12.9 Å². The molecule has 76 valence electrons. The van der Waals surface area contributed by atoms with Gasteiger partial charge >= 0.3 is 0 Å². The zero-order valence-electron chi connectivity index (χ0n) is 9.14. The van der Waals surface area contributed by atoms with Gasteiger partial charge in [-0.1, -0.05) is 50.2 Å². The Morgan fingerprint density at radius 1 is 0.933 bits per heavy atom. The van der Waals surface area contributed by atoms with Crippen LogP contribution >= 0.6 is 0 Å². The first-order valence-electron chi connectivity index (χ1n) is 5.29. The monoisotopic (exact) mass is 197 g/mol. The molecule has 0 radical (unpaired) electrons. The number of rotatable bonds is 2. The van der Waals surface area contributed by atoms with E-state index in [1.54, 1.807) is 0 Å². The number of hydrogen-bond donors (Lipinski definition) is 0. The van der Waals surface area contributed by atoms with Crippen LogP contribution in [0.15, 0.2) is 48.7 Å². The largest absolute Gasteiger partial charge is 0.256 e. The van der Waals surface area contributed by atoms with Crippen LogP contribution in [0.4, 0.5) is 0 Å². The Balaban J connectivity index is 2.53. The van der Waals surface area contributed by atoms with E-state index in [-0.39, 0.29) is 0 Å². The lowest BCUT2D eigenvalue weighted by molar-refractivity contribution is 0.861. The SMILES string of the molecule is CC(C)c1cccnc1-c1ccccc1. The van der Waals surface area contributed by atoms with E-state index >= 15 is 0 Å². The van der Waals surface area contributed by atoms with Crippen molar-refractivity contribution in [3.05, 3.63) is 54.2 Å². The molecule has 1 aromatic carbocycles. The molecule has 0 atom stereocenters. The van der Waals surface area contributed by atoms with Crippen LogP contribution in [0.2, 0.25) is 0 Å². The Morgan fingerprint density at radius 3 is 2.33 bits per heavy atom. The molecule has 0 bridgehead atoms. The van der Waals surface area contributed by atoms with Crippen molar-refractivity contribution in [1.29, 1.82) is 0 Å². The fourth-order valence-electron chi connectivity index (χ4n) is 1.72. The van der Waals surface area contributed by atoms with Crippen molar-refractivity contribution in [3.8, 4) is 11.3 Å². The molecule has 0 saturated carbocycles. The summed E-state index contributed by atoms with van der Waals surface area (Å²) in [6.45, 7) is 4.40. The smallest absolute Gasteiger partial charge is 0.0736 e. The van der Waals surface area contributed by atoms with Crippen LogP contribution < -0.4 is 0 Å². The summed E-state index contributed by atoms with van der Waals surface area (Å²) < 4.78 is 0. The first-order chi connectivity index (χ1) is 7.29. The first-order valence-corrected chi connectivity index (χ1v) is 5.29. The molecule has 0 fully saturated rings. The van der Waals surface area contributed by atoms with E-state index in [9.17, 15) is 0 Å². The molecular formula is C14H15N. The average molecular weight is 197 g/mol. The molecule has 1 heterocycles. The zero-order chi connectivity index (χ0) is 10.7. The summed E-state index contributed by atoms with van der Waals surface area (Å²) in [4.78, 5) is 4.47. The first kappa shape index (κ1) is 9.91. The van der Waals surface area contributed by atoms with Crippen molar-refractivity contribution in [2.45, 2.75) is 19.8 Å². The van der Waals surface area contributed by atoms with Gasteiger partial charge in [-0.3, -0.25) is 4.98 Å². The summed E-state index contributed by atoms with van der Waals surface area (Å²) in [6.07, 6.45) is 1.86. The third-order valence-corrected chi connectivity index (χ3v) is 2.51. The van der Waals surface area contributed by atoms with E-state index in [2.05, 4.69) is 37.0 Å². The van der Waals surface area contributed by atoms with Crippen LogP contribution in [0.1, 0.15) is 25.3 Å². The maximum absolute atomic E-state index is 4.47. The van der Waals surface area contributed by atoms with Gasteiger partial charge in [-0.2, -0.15) is 0 Å². The van der Waals surface area contributed by atoms with Crippen LogP contribution in [0.3, 0.4) is 0 Å². The number of pyridine rings is 1. The third-order valence-electron chi connectivity index (χ3n) is 2.51. The van der Waals surface area contributed by atoms with Gasteiger partial charge in [0.15, 0.2) is 0 Å². The fourth-order valence-corrected chi connectivity index (χ4v) is 1.72. The third kappa shape index (κ3) is 2.07. The Bertz CT molecular complexity index is 432. The van der Waals surface area contributed by atoms with Crippen LogP contribution in [0.25, 0.3) is 11.3 Å². The molecule has 0 N–H and O–H groups in total. The van der Waals surface area contributed by atoms with Crippen LogP contribution in [-0.4, -0.2) is 4.98 Å². The molecule has 1 heteroatoms. The highest BCUT2D eigenvalue weighted by atomic mass is 14.7. The van der Waals surface area contributed by atoms with Gasteiger partial charge < -0.3 is 0 Å². The summed E-state index contributed by atoms with van der Waals surface area (Å²) >= 11 is 0. The molecule has 2 aromatic rings. The molecule has 1 nitrogen and oxygen atoms in total. The van der Waals surface area contributed by atoms with Crippen molar-refractivity contribution < 1.29 is 0 Å². The highest BCUT2D eigenvalue weighted by Crippen LogP contribution is 2.26. The Kier molecular flexibility index (Phi) is 2.82. The minimum absolute atomic E-state index is 0.508. The number of hydrogen-bond acceptors (Lipinski definition) is 1. The molecule has 0 aliphatic carbocycles. The predicted octanol–water partition coefficient (Wildman–Crippen LogP) is 3.87. The molecule has 15 heavy (non-hydrogen) atoms. The van der Waals surface area contributed by atoms with Crippen molar-refractivity contribution in [2.24, 2.45) is 0 Å². The summed E-state index contributed by atoms with van der Waals surface area (Å²) in [5.74, 6) is 0.508. The maximum Gasteiger partial charge on any atom is 0.0736 e. The predicted molar refractivity (Wildman–Crippen MR) is 63.8 cm³/mol. The number of nitrogens with zero attached hydrogens (tertiary/aromatic N) is 1. The lowest BCUT2D eigenvalue weighted by Gasteiger charge is -2.11. The zero-order valence-corrected chi connectivity index (χ0v) is 9.14. The lowest BCUT2D eigenvalue weighted by atomic mass is 9.97. The van der Waals surface area contributed by atoms with Gasteiger partial charge in [0.25, 0.3) is 0 Å². The summed E-state index contributed by atoms with van der Waals surface area (Å²) in [6, 6.07) is 14.5. The number of benzene rings is 1. The molecule has 0 spiro atoms. The Labute approximate surface area is 90.8 Å². The molecule has 0 aliphatic heterocycles. The van der Waals surface area contributed by atoms with Gasteiger partial charge in [0.2, 0.25) is 0 Å². The Morgan fingerprint density at radius 2 is 1.67 bits per heavy atom. The summed E-state index contributed by atoms with van der Waals surface area (Å²) in [7, 11) is 0. The lowest BCUT2D eigenvalue weighted by Crippen LogP contribution is -1.94. The van der Waals surface area contributed by atoms with E-state index in [1.807, 2.05) is 30.5 Å². The standard InChI is InChI=1S/C14H15N/c1-11(2)13-9-6-10-15-14(13)12-7-4-3-5-8-12/h3-11H,1-2H3. The second-order valence-corrected chi connectivity index (χ2v) is 3.96. The van der Waals surface area contributed by atoms with Crippen molar-refractivity contribution >= 4 is 0 Å². The molecule has 0 saturated heterocycles. The molecule has 0 unspecified atom stereocenters. The number of aromatic nitrogens is 1. The quantitative estimate of drug-likeness (QED) is 0.712. The molecular weight excluding hydrogens is 182 g/mol. The maximum atomic E-state index is 4.47. The van der Waals surface area contributed by atoms with E-state index in [4.69, 9.17) is 0 Å². The second kappa shape index (κ2) is 4.26. The summed E-state index contributed by atoms with van der Waals surface area (Å²) in [5, 5.41) is 0. The van der Waals surface area contributed by atoms with E-state index in [0.717, 1.165) is 5.69 Å².